The van der Waals surface area contributed by atoms with Gasteiger partial charge < -0.3 is 5.73 Å². The Hall–Kier alpha value is -2.79. The van der Waals surface area contributed by atoms with Crippen molar-refractivity contribution in [2.45, 2.75) is 13.8 Å². The van der Waals surface area contributed by atoms with Gasteiger partial charge in [0, 0.05) is 5.69 Å². The van der Waals surface area contributed by atoms with Gasteiger partial charge in [0.15, 0.2) is 0 Å². The van der Waals surface area contributed by atoms with Gasteiger partial charge in [-0.15, -0.1) is 0 Å². The van der Waals surface area contributed by atoms with Gasteiger partial charge in [-0.25, -0.2) is 4.39 Å². The molecule has 5 heteroatoms. The number of benzene rings is 1. The second-order valence-corrected chi connectivity index (χ2v) is 4.20. The quantitative estimate of drug-likeness (QED) is 0.849. The number of nitrogens with two attached hydrogens (primary N) is 1. The normalized spacial score (nSPS) is 9.95. The molecule has 4 nitrogen and oxygen atoms in total. The molecule has 94 valence electrons. The molecular formula is C14H11FN4. The predicted octanol–water partition coefficient (Wildman–Crippen LogP) is 2.56. The molecule has 0 spiro atoms. The summed E-state index contributed by atoms with van der Waals surface area (Å²) in [7, 11) is 0. The van der Waals surface area contributed by atoms with Crippen molar-refractivity contribution < 1.29 is 4.39 Å². The summed E-state index contributed by atoms with van der Waals surface area (Å²) in [6.45, 7) is 3.53. The molecule has 0 unspecified atom stereocenters. The van der Waals surface area contributed by atoms with Crippen LogP contribution in [0.15, 0.2) is 18.2 Å². The van der Waals surface area contributed by atoms with Crippen molar-refractivity contribution in [2.24, 2.45) is 0 Å². The number of hydrogen-bond donors (Lipinski definition) is 1. The van der Waals surface area contributed by atoms with Crippen molar-refractivity contribution >= 4 is 5.82 Å². The highest BCUT2D eigenvalue weighted by Crippen LogP contribution is 2.28. The number of halogens is 1. The Kier molecular flexibility index (Phi) is 2.98. The first-order valence-corrected chi connectivity index (χ1v) is 5.58. The Bertz CT molecular complexity index is 744. The van der Waals surface area contributed by atoms with Gasteiger partial charge in [-0.3, -0.25) is 4.57 Å². The number of nitrogens with zero attached hydrogens (tertiary/aromatic N) is 3. The number of hydrogen-bond acceptors (Lipinski definition) is 3. The number of nitrogen functional groups attached to an aromatic ring is 1. The Morgan fingerprint density at radius 3 is 2.37 bits per heavy atom. The molecule has 0 saturated carbocycles. The van der Waals surface area contributed by atoms with Crippen molar-refractivity contribution in [1.82, 2.24) is 4.57 Å². The van der Waals surface area contributed by atoms with Crippen LogP contribution >= 0.6 is 0 Å². The van der Waals surface area contributed by atoms with Crippen LogP contribution in [0.1, 0.15) is 22.4 Å². The lowest BCUT2D eigenvalue weighted by atomic mass is 10.2. The Morgan fingerprint density at radius 1 is 1.21 bits per heavy atom. The van der Waals surface area contributed by atoms with Crippen LogP contribution < -0.4 is 5.73 Å². The van der Waals surface area contributed by atoms with Crippen LogP contribution in [0.3, 0.4) is 0 Å². The fourth-order valence-electron chi connectivity index (χ4n) is 2.04. The van der Waals surface area contributed by atoms with E-state index in [1.54, 1.807) is 13.8 Å². The summed E-state index contributed by atoms with van der Waals surface area (Å²) in [4.78, 5) is 0. The van der Waals surface area contributed by atoms with E-state index in [1.165, 1.54) is 16.7 Å². The van der Waals surface area contributed by atoms with E-state index < -0.39 is 5.82 Å². The van der Waals surface area contributed by atoms with E-state index in [9.17, 15) is 4.39 Å². The Balaban J connectivity index is 2.75. The number of nitriles is 2. The molecule has 0 bridgehead atoms. The maximum Gasteiger partial charge on any atom is 0.148 e. The zero-order chi connectivity index (χ0) is 14.2. The highest BCUT2D eigenvalue weighted by Gasteiger charge is 2.18. The average molecular weight is 254 g/mol. The van der Waals surface area contributed by atoms with Gasteiger partial charge in [0.05, 0.1) is 22.9 Å². The molecule has 0 aliphatic carbocycles. The van der Waals surface area contributed by atoms with E-state index in [0.29, 0.717) is 11.3 Å². The lowest BCUT2D eigenvalue weighted by Crippen LogP contribution is -2.05. The van der Waals surface area contributed by atoms with Crippen LogP contribution in [0.4, 0.5) is 10.2 Å². The monoisotopic (exact) mass is 254 g/mol. The third-order valence-corrected chi connectivity index (χ3v) is 3.18. The summed E-state index contributed by atoms with van der Waals surface area (Å²) in [6.07, 6.45) is 0. The van der Waals surface area contributed by atoms with Crippen LogP contribution in [-0.2, 0) is 0 Å². The molecule has 0 saturated heterocycles. The topological polar surface area (TPSA) is 78.5 Å². The van der Waals surface area contributed by atoms with E-state index in [2.05, 4.69) is 0 Å². The summed E-state index contributed by atoms with van der Waals surface area (Å²) in [5, 5.41) is 17.8. The third kappa shape index (κ3) is 1.82. The molecule has 2 rings (SSSR count). The third-order valence-electron chi connectivity index (χ3n) is 3.18. The van der Waals surface area contributed by atoms with Crippen molar-refractivity contribution in [2.75, 3.05) is 5.73 Å². The molecule has 2 aromatic rings. The predicted molar refractivity (Wildman–Crippen MR) is 69.0 cm³/mol. The highest BCUT2D eigenvalue weighted by atomic mass is 19.1. The molecular weight excluding hydrogens is 243 g/mol. The number of aromatic nitrogens is 1. The largest absolute Gasteiger partial charge is 0.384 e. The van der Waals surface area contributed by atoms with Crippen molar-refractivity contribution in [1.29, 1.82) is 10.5 Å². The van der Waals surface area contributed by atoms with Gasteiger partial charge in [-0.2, -0.15) is 10.5 Å². The van der Waals surface area contributed by atoms with Gasteiger partial charge >= 0.3 is 0 Å². The van der Waals surface area contributed by atoms with Gasteiger partial charge in [-0.05, 0) is 37.6 Å². The molecule has 0 atom stereocenters. The SMILES string of the molecule is Cc1c(C#N)c(N)n(-c2ccc(C#N)cc2F)c1C. The average Bonchev–Trinajstić information content (AvgIpc) is 2.61. The maximum atomic E-state index is 14.0. The smallest absolute Gasteiger partial charge is 0.148 e. The molecule has 0 radical (unpaired) electrons. The second kappa shape index (κ2) is 4.47. The van der Waals surface area contributed by atoms with Gasteiger partial charge in [-0.1, -0.05) is 0 Å². The summed E-state index contributed by atoms with van der Waals surface area (Å²) >= 11 is 0. The van der Waals surface area contributed by atoms with Crippen LogP contribution in [0.25, 0.3) is 5.69 Å². The van der Waals surface area contributed by atoms with Crippen molar-refractivity contribution in [3.05, 3.63) is 46.4 Å². The standard InChI is InChI=1S/C14H11FN4/c1-8-9(2)19(14(18)11(8)7-17)13-4-3-10(6-16)5-12(13)15/h3-5H,18H2,1-2H3. The molecule has 1 aromatic carbocycles. The summed E-state index contributed by atoms with van der Waals surface area (Å²) < 4.78 is 15.5. The van der Waals surface area contributed by atoms with E-state index in [0.717, 1.165) is 11.6 Å². The molecule has 1 heterocycles. The minimum Gasteiger partial charge on any atom is -0.384 e. The first kappa shape index (κ1) is 12.7. The van der Waals surface area contributed by atoms with E-state index in [1.807, 2.05) is 12.1 Å². The minimum atomic E-state index is -0.548. The molecule has 0 amide bonds. The first-order chi connectivity index (χ1) is 9.01. The second-order valence-electron chi connectivity index (χ2n) is 4.20. The highest BCUT2D eigenvalue weighted by molar-refractivity contribution is 5.62. The van der Waals surface area contributed by atoms with Gasteiger partial charge in [0.1, 0.15) is 17.7 Å². The fourth-order valence-corrected chi connectivity index (χ4v) is 2.04. The van der Waals surface area contributed by atoms with Crippen LogP contribution in [0.5, 0.6) is 0 Å². The number of anilines is 1. The van der Waals surface area contributed by atoms with Crippen LogP contribution in [-0.4, -0.2) is 4.57 Å². The lowest BCUT2D eigenvalue weighted by molar-refractivity contribution is 0.617. The Morgan fingerprint density at radius 2 is 1.89 bits per heavy atom. The molecule has 19 heavy (non-hydrogen) atoms. The first-order valence-electron chi connectivity index (χ1n) is 5.58. The zero-order valence-corrected chi connectivity index (χ0v) is 10.5. The number of rotatable bonds is 1. The zero-order valence-electron chi connectivity index (χ0n) is 10.5. The minimum absolute atomic E-state index is 0.209. The van der Waals surface area contributed by atoms with E-state index in [4.69, 9.17) is 16.3 Å². The van der Waals surface area contributed by atoms with Gasteiger partial charge in [0.2, 0.25) is 0 Å². The summed E-state index contributed by atoms with van der Waals surface area (Å²) in [5.41, 5.74) is 8.15. The lowest BCUT2D eigenvalue weighted by Gasteiger charge is -2.10. The summed E-state index contributed by atoms with van der Waals surface area (Å²) in [5.74, 6) is -0.338. The molecule has 0 aliphatic rings. The van der Waals surface area contributed by atoms with Gasteiger partial charge in [0.25, 0.3) is 0 Å². The van der Waals surface area contributed by atoms with Crippen LogP contribution in [0, 0.1) is 42.3 Å². The van der Waals surface area contributed by atoms with E-state index >= 15 is 0 Å². The molecule has 1 aromatic heterocycles. The van der Waals surface area contributed by atoms with E-state index in [-0.39, 0.29) is 17.1 Å². The molecule has 2 N–H and O–H groups in total. The molecule has 0 fully saturated rings. The Labute approximate surface area is 110 Å². The fraction of sp³-hybridized carbons (Fsp3) is 0.143. The summed E-state index contributed by atoms with van der Waals surface area (Å²) in [6, 6.07) is 8.03. The van der Waals surface area contributed by atoms with Crippen molar-refractivity contribution in [3.8, 4) is 17.8 Å². The maximum absolute atomic E-state index is 14.0. The van der Waals surface area contributed by atoms with Crippen LogP contribution in [0.2, 0.25) is 0 Å². The molecule has 0 aliphatic heterocycles. The van der Waals surface area contributed by atoms with Crippen molar-refractivity contribution in [3.63, 3.8) is 0 Å².